The Kier molecular flexibility index (Phi) is 5.07. The van der Waals surface area contributed by atoms with Crippen molar-refractivity contribution < 1.29 is 14.7 Å². The van der Waals surface area contributed by atoms with Crippen molar-refractivity contribution in [2.75, 3.05) is 5.32 Å². The van der Waals surface area contributed by atoms with E-state index in [1.54, 1.807) is 0 Å². The summed E-state index contributed by atoms with van der Waals surface area (Å²) in [5, 5.41) is 14.8. The topological polar surface area (TPSA) is 78.4 Å². The Morgan fingerprint density at radius 3 is 2.52 bits per heavy atom. The minimum absolute atomic E-state index is 0.0844. The monoisotopic (exact) mass is 310 g/mol. The van der Waals surface area contributed by atoms with Gasteiger partial charge in [0.2, 0.25) is 0 Å². The average Bonchev–Trinajstić information content (AvgIpc) is 2.43. The van der Waals surface area contributed by atoms with E-state index in [2.05, 4.69) is 17.6 Å². The Morgan fingerprint density at radius 2 is 1.90 bits per heavy atom. The number of halogens is 1. The molecular formula is C15H19ClN2O3. The van der Waals surface area contributed by atoms with Crippen molar-refractivity contribution >= 4 is 29.3 Å². The highest BCUT2D eigenvalue weighted by atomic mass is 35.5. The highest BCUT2D eigenvalue weighted by Crippen LogP contribution is 2.25. The maximum absolute atomic E-state index is 12.0. The Morgan fingerprint density at radius 1 is 1.24 bits per heavy atom. The molecule has 2 amide bonds. The molecule has 2 rings (SSSR count). The van der Waals surface area contributed by atoms with Crippen LogP contribution in [0, 0.1) is 5.92 Å². The predicted molar refractivity (Wildman–Crippen MR) is 82.0 cm³/mol. The number of hydrogen-bond acceptors (Lipinski definition) is 2. The van der Waals surface area contributed by atoms with Crippen LogP contribution in [0.4, 0.5) is 10.5 Å². The number of benzene rings is 1. The Hall–Kier alpha value is -1.75. The lowest BCUT2D eigenvalue weighted by Crippen LogP contribution is -2.40. The quantitative estimate of drug-likeness (QED) is 0.795. The first-order valence-electron chi connectivity index (χ1n) is 7.06. The van der Waals surface area contributed by atoms with Crippen molar-refractivity contribution in [3.8, 4) is 0 Å². The minimum Gasteiger partial charge on any atom is -0.478 e. The van der Waals surface area contributed by atoms with E-state index < -0.39 is 5.97 Å². The molecule has 1 fully saturated rings. The first-order valence-corrected chi connectivity index (χ1v) is 7.44. The van der Waals surface area contributed by atoms with Gasteiger partial charge in [0.15, 0.2) is 0 Å². The van der Waals surface area contributed by atoms with Gasteiger partial charge < -0.3 is 15.7 Å². The van der Waals surface area contributed by atoms with E-state index in [0.29, 0.717) is 16.6 Å². The van der Waals surface area contributed by atoms with E-state index in [1.807, 2.05) is 0 Å². The summed E-state index contributed by atoms with van der Waals surface area (Å²) >= 11 is 5.97. The summed E-state index contributed by atoms with van der Waals surface area (Å²) in [6.45, 7) is 2.22. The Bertz CT molecular complexity index is 540. The smallest absolute Gasteiger partial charge is 0.335 e. The highest BCUT2D eigenvalue weighted by Gasteiger charge is 2.20. The molecule has 0 atom stereocenters. The third-order valence-electron chi connectivity index (χ3n) is 3.81. The summed E-state index contributed by atoms with van der Waals surface area (Å²) in [6, 6.07) is 4.04. The number of carboxylic acids is 1. The number of aromatic carboxylic acids is 1. The van der Waals surface area contributed by atoms with Gasteiger partial charge in [-0.25, -0.2) is 9.59 Å². The van der Waals surface area contributed by atoms with Crippen LogP contribution in [0.5, 0.6) is 0 Å². The fourth-order valence-electron chi connectivity index (χ4n) is 2.50. The number of nitrogens with one attached hydrogen (secondary N) is 2. The van der Waals surface area contributed by atoms with E-state index in [0.717, 1.165) is 25.7 Å². The van der Waals surface area contributed by atoms with Crippen LogP contribution in [-0.4, -0.2) is 23.1 Å². The summed E-state index contributed by atoms with van der Waals surface area (Å²) in [6.07, 6.45) is 4.16. The Labute approximate surface area is 128 Å². The molecule has 1 aromatic rings. The molecule has 0 heterocycles. The zero-order valence-electron chi connectivity index (χ0n) is 11.9. The number of carboxylic acid groups (broad SMARTS) is 1. The van der Waals surface area contributed by atoms with Crippen molar-refractivity contribution in [2.45, 2.75) is 38.6 Å². The van der Waals surface area contributed by atoms with Gasteiger partial charge in [0, 0.05) is 6.04 Å². The summed E-state index contributed by atoms with van der Waals surface area (Å²) in [5.74, 6) is -0.343. The zero-order chi connectivity index (χ0) is 15.4. The SMILES string of the molecule is CC1CCC(NC(=O)Nc2cc(C(=O)O)ccc2Cl)CC1. The molecule has 1 saturated carbocycles. The van der Waals surface area contributed by atoms with Gasteiger partial charge in [0.25, 0.3) is 0 Å². The molecule has 1 aromatic carbocycles. The Balaban J connectivity index is 1.96. The van der Waals surface area contributed by atoms with E-state index >= 15 is 0 Å². The summed E-state index contributed by atoms with van der Waals surface area (Å²) in [7, 11) is 0. The number of carbonyl (C=O) groups is 2. The highest BCUT2D eigenvalue weighted by molar-refractivity contribution is 6.33. The molecule has 0 saturated heterocycles. The molecule has 0 bridgehead atoms. The predicted octanol–water partition coefficient (Wildman–Crippen LogP) is 3.74. The van der Waals surface area contributed by atoms with Gasteiger partial charge in [-0.1, -0.05) is 18.5 Å². The number of amides is 2. The molecular weight excluding hydrogens is 292 g/mol. The number of urea groups is 1. The van der Waals surface area contributed by atoms with Crippen LogP contribution in [0.1, 0.15) is 43.0 Å². The van der Waals surface area contributed by atoms with Crippen LogP contribution in [0.25, 0.3) is 0 Å². The standard InChI is InChI=1S/C15H19ClN2O3/c1-9-2-5-11(6-3-9)17-15(21)18-13-8-10(14(19)20)4-7-12(13)16/h4,7-9,11H,2-3,5-6H2,1H3,(H,19,20)(H2,17,18,21). The van der Waals surface area contributed by atoms with Gasteiger partial charge in [-0.3, -0.25) is 0 Å². The van der Waals surface area contributed by atoms with E-state index in [4.69, 9.17) is 16.7 Å². The van der Waals surface area contributed by atoms with Crippen molar-refractivity contribution in [1.29, 1.82) is 0 Å². The molecule has 1 aliphatic rings. The van der Waals surface area contributed by atoms with Gasteiger partial charge in [-0.05, 0) is 49.8 Å². The molecule has 114 valence electrons. The van der Waals surface area contributed by atoms with Crippen LogP contribution >= 0.6 is 11.6 Å². The van der Waals surface area contributed by atoms with Gasteiger partial charge >= 0.3 is 12.0 Å². The zero-order valence-corrected chi connectivity index (χ0v) is 12.6. The number of rotatable bonds is 3. The van der Waals surface area contributed by atoms with Crippen LogP contribution in [-0.2, 0) is 0 Å². The van der Waals surface area contributed by atoms with E-state index in [9.17, 15) is 9.59 Å². The van der Waals surface area contributed by atoms with E-state index in [1.165, 1.54) is 18.2 Å². The molecule has 0 spiro atoms. The fraction of sp³-hybridized carbons (Fsp3) is 0.467. The van der Waals surface area contributed by atoms with Crippen molar-refractivity contribution in [2.24, 2.45) is 5.92 Å². The second-order valence-electron chi connectivity index (χ2n) is 5.56. The maximum atomic E-state index is 12.0. The normalized spacial score (nSPS) is 21.6. The molecule has 0 aromatic heterocycles. The van der Waals surface area contributed by atoms with Crippen LogP contribution < -0.4 is 10.6 Å². The lowest BCUT2D eigenvalue weighted by Gasteiger charge is -2.27. The molecule has 3 N–H and O–H groups in total. The lowest BCUT2D eigenvalue weighted by atomic mass is 9.87. The molecule has 6 heteroatoms. The number of hydrogen-bond donors (Lipinski definition) is 3. The maximum Gasteiger partial charge on any atom is 0.335 e. The molecule has 0 radical (unpaired) electrons. The lowest BCUT2D eigenvalue weighted by molar-refractivity contribution is 0.0697. The molecule has 21 heavy (non-hydrogen) atoms. The van der Waals surface area contributed by atoms with Crippen molar-refractivity contribution in [3.63, 3.8) is 0 Å². The van der Waals surface area contributed by atoms with Crippen molar-refractivity contribution in [3.05, 3.63) is 28.8 Å². The van der Waals surface area contributed by atoms with Gasteiger partial charge in [0.05, 0.1) is 16.3 Å². The van der Waals surface area contributed by atoms with Crippen molar-refractivity contribution in [1.82, 2.24) is 5.32 Å². The first kappa shape index (κ1) is 15.6. The van der Waals surface area contributed by atoms with Gasteiger partial charge in [0.1, 0.15) is 0 Å². The molecule has 5 nitrogen and oxygen atoms in total. The summed E-state index contributed by atoms with van der Waals surface area (Å²) < 4.78 is 0. The van der Waals surface area contributed by atoms with Crippen LogP contribution in [0.3, 0.4) is 0 Å². The number of carbonyl (C=O) groups excluding carboxylic acids is 1. The second kappa shape index (κ2) is 6.80. The van der Waals surface area contributed by atoms with Crippen LogP contribution in [0.15, 0.2) is 18.2 Å². The summed E-state index contributed by atoms with van der Waals surface area (Å²) in [5.41, 5.74) is 0.388. The first-order chi connectivity index (χ1) is 9.95. The molecule has 0 aliphatic heterocycles. The molecule has 0 unspecified atom stereocenters. The minimum atomic E-state index is -1.06. The van der Waals surface area contributed by atoms with Crippen LogP contribution in [0.2, 0.25) is 5.02 Å². The fourth-order valence-corrected chi connectivity index (χ4v) is 2.67. The third kappa shape index (κ3) is 4.36. The average molecular weight is 311 g/mol. The second-order valence-corrected chi connectivity index (χ2v) is 5.96. The number of anilines is 1. The third-order valence-corrected chi connectivity index (χ3v) is 4.14. The largest absolute Gasteiger partial charge is 0.478 e. The molecule has 1 aliphatic carbocycles. The van der Waals surface area contributed by atoms with Gasteiger partial charge in [-0.2, -0.15) is 0 Å². The summed E-state index contributed by atoms with van der Waals surface area (Å²) in [4.78, 5) is 22.9. The van der Waals surface area contributed by atoms with E-state index in [-0.39, 0.29) is 17.6 Å². The van der Waals surface area contributed by atoms with Gasteiger partial charge in [-0.15, -0.1) is 0 Å².